The number of aromatic nitrogens is 1. The Kier molecular flexibility index (Phi) is 7.56. The van der Waals surface area contributed by atoms with Crippen LogP contribution in [0.15, 0.2) is 42.6 Å². The number of anilines is 1. The van der Waals surface area contributed by atoms with Crippen LogP contribution in [0.1, 0.15) is 24.1 Å². The molecule has 0 unspecified atom stereocenters. The largest absolute Gasteiger partial charge is 0.354 e. The van der Waals surface area contributed by atoms with E-state index in [9.17, 15) is 4.79 Å². The first kappa shape index (κ1) is 19.9. The van der Waals surface area contributed by atoms with Crippen LogP contribution >= 0.6 is 0 Å². The standard InChI is InChI=1S/C19H25N5O.CH4/c20-23-19(25)13-16-4-1-15(2-5-16)3-6-17-7-8-18(22-14-17)24-11-9-21-10-12-24;/h1-2,4-5,7-8,14,21H,3,6,9-13,20H2,(H,23,25);1H4. The van der Waals surface area contributed by atoms with Gasteiger partial charge in [-0.15, -0.1) is 0 Å². The first-order valence-corrected chi connectivity index (χ1v) is 8.72. The van der Waals surface area contributed by atoms with E-state index >= 15 is 0 Å². The number of rotatable bonds is 6. The van der Waals surface area contributed by atoms with E-state index in [0.29, 0.717) is 6.42 Å². The average Bonchev–Trinajstić information content (AvgIpc) is 2.68. The normalized spacial score (nSPS) is 13.8. The highest BCUT2D eigenvalue weighted by molar-refractivity contribution is 5.77. The molecular formula is C20H29N5O. The summed E-state index contributed by atoms with van der Waals surface area (Å²) in [6.07, 6.45) is 4.21. The van der Waals surface area contributed by atoms with Crippen LogP contribution < -0.4 is 21.5 Å². The lowest BCUT2D eigenvalue weighted by molar-refractivity contribution is -0.120. The minimum Gasteiger partial charge on any atom is -0.354 e. The highest BCUT2D eigenvalue weighted by Gasteiger charge is 2.11. The van der Waals surface area contributed by atoms with Crippen molar-refractivity contribution in [2.45, 2.75) is 26.7 Å². The molecule has 0 aliphatic carbocycles. The molecule has 4 N–H and O–H groups in total. The SMILES string of the molecule is C.NNC(=O)Cc1ccc(CCc2ccc(N3CCNCC3)nc2)cc1. The topological polar surface area (TPSA) is 83.3 Å². The molecule has 1 saturated heterocycles. The van der Waals surface area contributed by atoms with E-state index in [4.69, 9.17) is 5.84 Å². The number of piperazine rings is 1. The quantitative estimate of drug-likeness (QED) is 0.415. The van der Waals surface area contributed by atoms with E-state index in [-0.39, 0.29) is 13.3 Å². The Bertz CT molecular complexity index is 678. The van der Waals surface area contributed by atoms with Crippen molar-refractivity contribution in [3.63, 3.8) is 0 Å². The van der Waals surface area contributed by atoms with Crippen molar-refractivity contribution < 1.29 is 4.79 Å². The van der Waals surface area contributed by atoms with Gasteiger partial charge in [0.2, 0.25) is 5.91 Å². The van der Waals surface area contributed by atoms with Crippen LogP contribution in [0.5, 0.6) is 0 Å². The molecule has 6 heteroatoms. The molecule has 1 fully saturated rings. The second kappa shape index (κ2) is 9.89. The molecule has 1 aromatic carbocycles. The lowest BCUT2D eigenvalue weighted by atomic mass is 10.0. The van der Waals surface area contributed by atoms with Crippen molar-refractivity contribution >= 4 is 11.7 Å². The maximum Gasteiger partial charge on any atom is 0.238 e. The summed E-state index contributed by atoms with van der Waals surface area (Å²) < 4.78 is 0. The average molecular weight is 355 g/mol. The summed E-state index contributed by atoms with van der Waals surface area (Å²) in [5, 5.41) is 3.35. The van der Waals surface area contributed by atoms with Gasteiger partial charge in [0.05, 0.1) is 6.42 Å². The molecule has 1 aliphatic heterocycles. The summed E-state index contributed by atoms with van der Waals surface area (Å²) in [6.45, 7) is 4.07. The number of nitrogens with two attached hydrogens (primary N) is 1. The van der Waals surface area contributed by atoms with E-state index in [0.717, 1.165) is 50.4 Å². The molecule has 26 heavy (non-hydrogen) atoms. The van der Waals surface area contributed by atoms with Crippen LogP contribution in [0, 0.1) is 0 Å². The predicted octanol–water partition coefficient (Wildman–Crippen LogP) is 1.44. The van der Waals surface area contributed by atoms with Gasteiger partial charge in [-0.25, -0.2) is 10.8 Å². The van der Waals surface area contributed by atoms with Crippen LogP contribution in [-0.4, -0.2) is 37.1 Å². The fourth-order valence-electron chi connectivity index (χ4n) is 2.99. The highest BCUT2D eigenvalue weighted by atomic mass is 16.2. The third kappa shape index (κ3) is 5.54. The van der Waals surface area contributed by atoms with Crippen LogP contribution in [0.4, 0.5) is 5.82 Å². The molecule has 3 rings (SSSR count). The third-order valence-electron chi connectivity index (χ3n) is 4.50. The fraction of sp³-hybridized carbons (Fsp3) is 0.400. The first-order chi connectivity index (χ1) is 12.2. The summed E-state index contributed by atoms with van der Waals surface area (Å²) in [5.74, 6) is 5.99. The molecule has 1 aliphatic rings. The molecule has 0 radical (unpaired) electrons. The first-order valence-electron chi connectivity index (χ1n) is 8.72. The van der Waals surface area contributed by atoms with Gasteiger partial charge in [0.1, 0.15) is 5.82 Å². The lowest BCUT2D eigenvalue weighted by Crippen LogP contribution is -2.43. The van der Waals surface area contributed by atoms with Crippen molar-refractivity contribution in [3.8, 4) is 0 Å². The molecule has 1 aromatic heterocycles. The van der Waals surface area contributed by atoms with Crippen LogP contribution in [-0.2, 0) is 24.1 Å². The number of hydrogen-bond acceptors (Lipinski definition) is 5. The number of nitrogens with one attached hydrogen (secondary N) is 2. The number of nitrogens with zero attached hydrogens (tertiary/aromatic N) is 2. The fourth-order valence-corrected chi connectivity index (χ4v) is 2.99. The number of carbonyl (C=O) groups is 1. The van der Waals surface area contributed by atoms with Gasteiger partial charge in [-0.1, -0.05) is 37.8 Å². The van der Waals surface area contributed by atoms with Gasteiger partial charge in [0.25, 0.3) is 0 Å². The van der Waals surface area contributed by atoms with Gasteiger partial charge < -0.3 is 10.2 Å². The molecule has 0 saturated carbocycles. The van der Waals surface area contributed by atoms with Crippen molar-refractivity contribution in [3.05, 3.63) is 59.3 Å². The molecule has 1 amide bonds. The van der Waals surface area contributed by atoms with Gasteiger partial charge in [0, 0.05) is 32.4 Å². The zero-order chi connectivity index (χ0) is 17.5. The second-order valence-electron chi connectivity index (χ2n) is 6.32. The maximum absolute atomic E-state index is 11.3. The van der Waals surface area contributed by atoms with Crippen molar-refractivity contribution in [2.75, 3.05) is 31.1 Å². The van der Waals surface area contributed by atoms with E-state index < -0.39 is 0 Å². The number of carbonyl (C=O) groups excluding carboxylic acids is 1. The van der Waals surface area contributed by atoms with Crippen molar-refractivity contribution in [1.29, 1.82) is 0 Å². The Balaban J connectivity index is 0.00000243. The van der Waals surface area contributed by atoms with Gasteiger partial charge in [-0.2, -0.15) is 0 Å². The Morgan fingerprint density at radius 1 is 1.04 bits per heavy atom. The zero-order valence-corrected chi connectivity index (χ0v) is 14.4. The molecule has 140 valence electrons. The molecule has 0 spiro atoms. The summed E-state index contributed by atoms with van der Waals surface area (Å²) in [7, 11) is 0. The van der Waals surface area contributed by atoms with Crippen LogP contribution in [0.2, 0.25) is 0 Å². The Morgan fingerprint density at radius 3 is 2.27 bits per heavy atom. The lowest BCUT2D eigenvalue weighted by Gasteiger charge is -2.28. The predicted molar refractivity (Wildman–Crippen MR) is 106 cm³/mol. The summed E-state index contributed by atoms with van der Waals surface area (Å²) in [6, 6.07) is 12.4. The Labute approximate surface area is 155 Å². The molecule has 6 nitrogen and oxygen atoms in total. The van der Waals surface area contributed by atoms with Crippen molar-refractivity contribution in [1.82, 2.24) is 15.7 Å². The minimum absolute atomic E-state index is 0. The summed E-state index contributed by atoms with van der Waals surface area (Å²) in [4.78, 5) is 18.2. The van der Waals surface area contributed by atoms with E-state index in [1.54, 1.807) is 0 Å². The molecule has 2 heterocycles. The third-order valence-corrected chi connectivity index (χ3v) is 4.50. The Morgan fingerprint density at radius 2 is 1.65 bits per heavy atom. The number of pyridine rings is 1. The van der Waals surface area contributed by atoms with Gasteiger partial charge in [-0.05, 0) is 35.6 Å². The van der Waals surface area contributed by atoms with Crippen LogP contribution in [0.3, 0.4) is 0 Å². The number of aryl methyl sites for hydroxylation is 2. The van der Waals surface area contributed by atoms with Crippen molar-refractivity contribution in [2.24, 2.45) is 5.84 Å². The van der Waals surface area contributed by atoms with Gasteiger partial charge in [-0.3, -0.25) is 10.2 Å². The monoisotopic (exact) mass is 355 g/mol. The molecule has 0 atom stereocenters. The Hall–Kier alpha value is -2.44. The van der Waals surface area contributed by atoms with E-state index in [1.807, 2.05) is 18.3 Å². The summed E-state index contributed by atoms with van der Waals surface area (Å²) >= 11 is 0. The smallest absolute Gasteiger partial charge is 0.238 e. The minimum atomic E-state index is -0.177. The zero-order valence-electron chi connectivity index (χ0n) is 14.4. The summed E-state index contributed by atoms with van der Waals surface area (Å²) in [5.41, 5.74) is 5.61. The van der Waals surface area contributed by atoms with Gasteiger partial charge in [0.15, 0.2) is 0 Å². The van der Waals surface area contributed by atoms with Crippen LogP contribution in [0.25, 0.3) is 0 Å². The number of hydrazine groups is 1. The van der Waals surface area contributed by atoms with E-state index in [2.05, 4.69) is 44.9 Å². The van der Waals surface area contributed by atoms with E-state index in [1.165, 1.54) is 11.1 Å². The molecule has 0 bridgehead atoms. The maximum atomic E-state index is 11.3. The molecular weight excluding hydrogens is 326 g/mol. The second-order valence-corrected chi connectivity index (χ2v) is 6.32. The van der Waals surface area contributed by atoms with Gasteiger partial charge >= 0.3 is 0 Å². The molecule has 2 aromatic rings. The number of amides is 1. The number of hydrogen-bond donors (Lipinski definition) is 3. The number of benzene rings is 1. The highest BCUT2D eigenvalue weighted by Crippen LogP contribution is 2.14.